The summed E-state index contributed by atoms with van der Waals surface area (Å²) in [6, 6.07) is 6.29. The first-order valence-corrected chi connectivity index (χ1v) is 7.11. The lowest BCUT2D eigenvalue weighted by Crippen LogP contribution is -2.24. The molecule has 1 fully saturated rings. The summed E-state index contributed by atoms with van der Waals surface area (Å²) in [4.78, 5) is 23.2. The van der Waals surface area contributed by atoms with Crippen molar-refractivity contribution in [3.63, 3.8) is 0 Å². The second-order valence-corrected chi connectivity index (χ2v) is 5.07. The monoisotopic (exact) mass is 288 g/mol. The molecular weight excluding hydrogens is 268 g/mol. The van der Waals surface area contributed by atoms with Crippen LogP contribution in [0.15, 0.2) is 36.5 Å². The molecular formula is C16H20N2O3. The third kappa shape index (κ3) is 4.63. The van der Waals surface area contributed by atoms with Crippen molar-refractivity contribution in [1.82, 2.24) is 5.32 Å². The van der Waals surface area contributed by atoms with Gasteiger partial charge < -0.3 is 15.4 Å². The molecule has 2 N–H and O–H groups in total. The number of carbonyl (C=O) groups is 2. The molecule has 1 aliphatic rings. The number of benzene rings is 1. The van der Waals surface area contributed by atoms with Crippen LogP contribution in [0.3, 0.4) is 0 Å². The van der Waals surface area contributed by atoms with E-state index in [1.54, 1.807) is 30.5 Å². The highest BCUT2D eigenvalue weighted by molar-refractivity contribution is 5.94. The standard InChI is InChI=1S/C16H20N2O3/c1-21-15(19)13-7-4-8-14(11-13)18-16(20)17-10-9-12-5-2-3-6-12/h4,7-12H,2-3,5-6H2,1H3,(H2,17,18,20)/b10-9+. The summed E-state index contributed by atoms with van der Waals surface area (Å²) in [6.45, 7) is 0. The normalized spacial score (nSPS) is 15.1. The number of urea groups is 1. The molecule has 5 heteroatoms. The molecule has 2 rings (SSSR count). The van der Waals surface area contributed by atoms with E-state index in [1.165, 1.54) is 32.8 Å². The zero-order chi connectivity index (χ0) is 15.1. The number of carbonyl (C=O) groups excluding carboxylic acids is 2. The topological polar surface area (TPSA) is 67.4 Å². The molecule has 1 aromatic carbocycles. The van der Waals surface area contributed by atoms with Gasteiger partial charge in [0.15, 0.2) is 0 Å². The summed E-state index contributed by atoms with van der Waals surface area (Å²) >= 11 is 0. The van der Waals surface area contributed by atoms with Crippen LogP contribution in [0.5, 0.6) is 0 Å². The molecule has 0 saturated heterocycles. The van der Waals surface area contributed by atoms with Gasteiger partial charge in [-0.15, -0.1) is 0 Å². The molecule has 112 valence electrons. The van der Waals surface area contributed by atoms with Gasteiger partial charge in [-0.05, 0) is 37.0 Å². The molecule has 0 atom stereocenters. The van der Waals surface area contributed by atoms with Crippen LogP contribution < -0.4 is 10.6 Å². The number of rotatable bonds is 4. The van der Waals surface area contributed by atoms with E-state index in [0.29, 0.717) is 17.2 Å². The van der Waals surface area contributed by atoms with Gasteiger partial charge in [-0.3, -0.25) is 0 Å². The molecule has 1 aromatic rings. The number of allylic oxidation sites excluding steroid dienone is 1. The molecule has 0 bridgehead atoms. The first kappa shape index (κ1) is 15.1. The van der Waals surface area contributed by atoms with E-state index in [0.717, 1.165) is 0 Å². The fourth-order valence-corrected chi connectivity index (χ4v) is 2.42. The van der Waals surface area contributed by atoms with Crippen molar-refractivity contribution in [2.24, 2.45) is 5.92 Å². The van der Waals surface area contributed by atoms with Gasteiger partial charge in [0.25, 0.3) is 0 Å². The molecule has 0 aromatic heterocycles. The minimum absolute atomic E-state index is 0.328. The molecule has 0 spiro atoms. The average Bonchev–Trinajstić information content (AvgIpc) is 3.00. The summed E-state index contributed by atoms with van der Waals surface area (Å²) in [6.07, 6.45) is 8.65. The van der Waals surface area contributed by atoms with Gasteiger partial charge in [0, 0.05) is 11.9 Å². The van der Waals surface area contributed by atoms with E-state index in [4.69, 9.17) is 0 Å². The maximum absolute atomic E-state index is 11.7. The van der Waals surface area contributed by atoms with Gasteiger partial charge in [0.2, 0.25) is 0 Å². The number of esters is 1. The number of ether oxygens (including phenoxy) is 1. The van der Waals surface area contributed by atoms with Crippen molar-refractivity contribution >= 4 is 17.7 Å². The predicted molar refractivity (Wildman–Crippen MR) is 81.0 cm³/mol. The molecule has 5 nitrogen and oxygen atoms in total. The summed E-state index contributed by atoms with van der Waals surface area (Å²) < 4.78 is 4.64. The van der Waals surface area contributed by atoms with Crippen LogP contribution in [0.25, 0.3) is 0 Å². The van der Waals surface area contributed by atoms with E-state index in [1.807, 2.05) is 6.08 Å². The Morgan fingerprint density at radius 1 is 1.29 bits per heavy atom. The predicted octanol–water partition coefficient (Wildman–Crippen LogP) is 3.30. The Morgan fingerprint density at radius 3 is 2.76 bits per heavy atom. The molecule has 21 heavy (non-hydrogen) atoms. The molecule has 0 radical (unpaired) electrons. The summed E-state index contributed by atoms with van der Waals surface area (Å²) in [5.41, 5.74) is 0.946. The quantitative estimate of drug-likeness (QED) is 0.835. The zero-order valence-corrected chi connectivity index (χ0v) is 12.1. The second-order valence-electron chi connectivity index (χ2n) is 5.07. The van der Waals surface area contributed by atoms with Gasteiger partial charge in [0.1, 0.15) is 0 Å². The van der Waals surface area contributed by atoms with Crippen molar-refractivity contribution in [1.29, 1.82) is 0 Å². The summed E-state index contributed by atoms with van der Waals surface area (Å²) in [5, 5.41) is 5.35. The Labute approximate surface area is 124 Å². The highest BCUT2D eigenvalue weighted by Gasteiger charge is 2.11. The van der Waals surface area contributed by atoms with Crippen LogP contribution in [0, 0.1) is 5.92 Å². The molecule has 0 unspecified atom stereocenters. The minimum Gasteiger partial charge on any atom is -0.465 e. The highest BCUT2D eigenvalue weighted by atomic mass is 16.5. The lowest BCUT2D eigenvalue weighted by molar-refractivity contribution is 0.0600. The van der Waals surface area contributed by atoms with Crippen molar-refractivity contribution in [3.8, 4) is 0 Å². The van der Waals surface area contributed by atoms with Crippen molar-refractivity contribution in [2.75, 3.05) is 12.4 Å². The van der Waals surface area contributed by atoms with Crippen LogP contribution in [0.1, 0.15) is 36.0 Å². The van der Waals surface area contributed by atoms with E-state index in [9.17, 15) is 9.59 Å². The number of hydrogen-bond donors (Lipinski definition) is 2. The number of anilines is 1. The molecule has 0 aliphatic heterocycles. The Balaban J connectivity index is 1.85. The van der Waals surface area contributed by atoms with Gasteiger partial charge in [-0.25, -0.2) is 9.59 Å². The minimum atomic E-state index is -0.430. The smallest absolute Gasteiger partial charge is 0.337 e. The van der Waals surface area contributed by atoms with Gasteiger partial charge >= 0.3 is 12.0 Å². The Bertz CT molecular complexity index is 534. The van der Waals surface area contributed by atoms with Crippen LogP contribution in [-0.2, 0) is 4.74 Å². The van der Waals surface area contributed by atoms with E-state index in [-0.39, 0.29) is 6.03 Å². The Morgan fingerprint density at radius 2 is 2.05 bits per heavy atom. The van der Waals surface area contributed by atoms with Crippen molar-refractivity contribution < 1.29 is 14.3 Å². The fraction of sp³-hybridized carbons (Fsp3) is 0.375. The van der Waals surface area contributed by atoms with Crippen LogP contribution >= 0.6 is 0 Å². The van der Waals surface area contributed by atoms with Crippen LogP contribution in [0.4, 0.5) is 10.5 Å². The Kier molecular flexibility index (Phi) is 5.37. The largest absolute Gasteiger partial charge is 0.465 e. The molecule has 2 amide bonds. The average molecular weight is 288 g/mol. The maximum atomic E-state index is 11.7. The highest BCUT2D eigenvalue weighted by Crippen LogP contribution is 2.25. The van der Waals surface area contributed by atoms with Gasteiger partial charge in [0.05, 0.1) is 12.7 Å². The SMILES string of the molecule is COC(=O)c1cccc(NC(=O)N/C=C/C2CCCC2)c1. The Hall–Kier alpha value is -2.30. The zero-order valence-electron chi connectivity index (χ0n) is 12.1. The molecule has 1 aliphatic carbocycles. The maximum Gasteiger partial charge on any atom is 0.337 e. The molecule has 0 heterocycles. The lowest BCUT2D eigenvalue weighted by atomic mass is 10.1. The molecule has 1 saturated carbocycles. The fourth-order valence-electron chi connectivity index (χ4n) is 2.42. The second kappa shape index (κ2) is 7.47. The van der Waals surface area contributed by atoms with Crippen molar-refractivity contribution in [3.05, 3.63) is 42.1 Å². The van der Waals surface area contributed by atoms with Gasteiger partial charge in [-0.1, -0.05) is 25.0 Å². The number of nitrogens with one attached hydrogen (secondary N) is 2. The van der Waals surface area contributed by atoms with Crippen molar-refractivity contribution in [2.45, 2.75) is 25.7 Å². The van der Waals surface area contributed by atoms with E-state index >= 15 is 0 Å². The van der Waals surface area contributed by atoms with Crippen LogP contribution in [-0.4, -0.2) is 19.1 Å². The lowest BCUT2D eigenvalue weighted by Gasteiger charge is -2.07. The first-order valence-electron chi connectivity index (χ1n) is 7.11. The number of methoxy groups -OCH3 is 1. The van der Waals surface area contributed by atoms with Gasteiger partial charge in [-0.2, -0.15) is 0 Å². The van der Waals surface area contributed by atoms with Crippen LogP contribution in [0.2, 0.25) is 0 Å². The third-order valence-electron chi connectivity index (χ3n) is 3.52. The summed E-state index contributed by atoms with van der Waals surface area (Å²) in [7, 11) is 1.32. The third-order valence-corrected chi connectivity index (χ3v) is 3.52. The summed E-state index contributed by atoms with van der Waals surface area (Å²) in [5.74, 6) is 0.146. The number of amides is 2. The first-order chi connectivity index (χ1) is 10.2. The van der Waals surface area contributed by atoms with E-state index < -0.39 is 5.97 Å². The number of hydrogen-bond acceptors (Lipinski definition) is 3. The van der Waals surface area contributed by atoms with E-state index in [2.05, 4.69) is 15.4 Å².